The summed E-state index contributed by atoms with van der Waals surface area (Å²) in [5, 5.41) is 3.02. The van der Waals surface area contributed by atoms with E-state index in [9.17, 15) is 9.59 Å². The van der Waals surface area contributed by atoms with Gasteiger partial charge in [-0.2, -0.15) is 0 Å². The Morgan fingerprint density at radius 2 is 2.07 bits per heavy atom. The predicted molar refractivity (Wildman–Crippen MR) is 104 cm³/mol. The van der Waals surface area contributed by atoms with Crippen LogP contribution >= 0.6 is 0 Å². The molecule has 1 unspecified atom stereocenters. The number of benzene rings is 1. The molecule has 3 rings (SSSR count). The Labute approximate surface area is 164 Å². The minimum absolute atomic E-state index is 0.0474. The van der Waals surface area contributed by atoms with Crippen LogP contribution in [-0.2, 0) is 11.3 Å². The maximum atomic E-state index is 12.5. The number of aromatic nitrogens is 1. The lowest BCUT2D eigenvalue weighted by molar-refractivity contribution is -0.131. The number of pyridine rings is 1. The zero-order valence-corrected chi connectivity index (χ0v) is 16.2. The largest absolute Gasteiger partial charge is 0.497 e. The molecule has 1 aliphatic rings. The number of carbonyl (C=O) groups is 2. The summed E-state index contributed by atoms with van der Waals surface area (Å²) in [6.07, 6.45) is 3.24. The van der Waals surface area contributed by atoms with Crippen LogP contribution in [0, 0.1) is 0 Å². The van der Waals surface area contributed by atoms with Crippen LogP contribution in [0.2, 0.25) is 0 Å². The fourth-order valence-corrected chi connectivity index (χ4v) is 3.24. The van der Waals surface area contributed by atoms with Crippen molar-refractivity contribution in [3.8, 4) is 11.6 Å². The molecule has 1 aliphatic heterocycles. The fourth-order valence-electron chi connectivity index (χ4n) is 3.24. The fraction of sp³-hybridized carbons (Fsp3) is 0.381. The Balaban J connectivity index is 1.58. The first-order valence-corrected chi connectivity index (χ1v) is 9.30. The maximum absolute atomic E-state index is 12.5. The summed E-state index contributed by atoms with van der Waals surface area (Å²) in [6.45, 7) is 1.14. The first-order valence-electron chi connectivity index (χ1n) is 9.30. The lowest BCUT2D eigenvalue weighted by Gasteiger charge is -2.21. The van der Waals surface area contributed by atoms with Crippen molar-refractivity contribution < 1.29 is 19.1 Å². The number of nitrogens with zero attached hydrogens (tertiary/aromatic N) is 2. The Morgan fingerprint density at radius 1 is 1.21 bits per heavy atom. The topological polar surface area (TPSA) is 80.8 Å². The highest BCUT2D eigenvalue weighted by atomic mass is 16.5. The van der Waals surface area contributed by atoms with Crippen molar-refractivity contribution in [1.29, 1.82) is 0 Å². The van der Waals surface area contributed by atoms with E-state index in [0.717, 1.165) is 11.3 Å². The quantitative estimate of drug-likeness (QED) is 0.829. The van der Waals surface area contributed by atoms with E-state index in [2.05, 4.69) is 10.3 Å². The molecule has 0 radical (unpaired) electrons. The number of nitrogens with one attached hydrogen (secondary N) is 1. The molecule has 28 heavy (non-hydrogen) atoms. The molecule has 1 fully saturated rings. The second kappa shape index (κ2) is 9.21. The van der Waals surface area contributed by atoms with Gasteiger partial charge in [0.15, 0.2) is 0 Å². The zero-order chi connectivity index (χ0) is 19.9. The minimum Gasteiger partial charge on any atom is -0.497 e. The number of rotatable bonds is 6. The molecule has 1 saturated heterocycles. The predicted octanol–water partition coefficient (Wildman–Crippen LogP) is 2.41. The molecule has 148 valence electrons. The van der Waals surface area contributed by atoms with E-state index in [0.29, 0.717) is 43.8 Å². The van der Waals surface area contributed by atoms with Gasteiger partial charge in [-0.25, -0.2) is 4.98 Å². The van der Waals surface area contributed by atoms with Crippen LogP contribution in [0.4, 0.5) is 0 Å². The van der Waals surface area contributed by atoms with E-state index in [-0.39, 0.29) is 17.9 Å². The smallest absolute Gasteiger partial charge is 0.253 e. The third-order valence-electron chi connectivity index (χ3n) is 4.86. The molecule has 1 aromatic heterocycles. The Kier molecular flexibility index (Phi) is 6.47. The van der Waals surface area contributed by atoms with Gasteiger partial charge in [-0.05, 0) is 36.6 Å². The van der Waals surface area contributed by atoms with Crippen molar-refractivity contribution in [3.63, 3.8) is 0 Å². The van der Waals surface area contributed by atoms with Crippen LogP contribution in [0.15, 0.2) is 42.6 Å². The number of carbonyl (C=O) groups excluding carboxylic acids is 2. The molecule has 2 heterocycles. The highest BCUT2D eigenvalue weighted by Crippen LogP contribution is 2.19. The monoisotopic (exact) mass is 383 g/mol. The molecule has 1 atom stereocenters. The summed E-state index contributed by atoms with van der Waals surface area (Å²) in [5.74, 6) is 1.15. The minimum atomic E-state index is -0.186. The summed E-state index contributed by atoms with van der Waals surface area (Å²) >= 11 is 0. The van der Waals surface area contributed by atoms with Gasteiger partial charge in [0, 0.05) is 37.8 Å². The number of likely N-dealkylation sites (tertiary alicyclic amines) is 1. The van der Waals surface area contributed by atoms with Crippen LogP contribution in [-0.4, -0.2) is 48.5 Å². The molecule has 7 heteroatoms. The third-order valence-corrected chi connectivity index (χ3v) is 4.86. The van der Waals surface area contributed by atoms with Gasteiger partial charge in [0.1, 0.15) is 5.75 Å². The lowest BCUT2D eigenvalue weighted by atomic mass is 10.1. The highest BCUT2D eigenvalue weighted by molar-refractivity contribution is 5.94. The van der Waals surface area contributed by atoms with E-state index < -0.39 is 0 Å². The molecule has 0 saturated carbocycles. The van der Waals surface area contributed by atoms with Crippen LogP contribution in [0.1, 0.15) is 35.2 Å². The van der Waals surface area contributed by atoms with Crippen molar-refractivity contribution in [1.82, 2.24) is 15.2 Å². The molecule has 7 nitrogen and oxygen atoms in total. The summed E-state index contributed by atoms with van der Waals surface area (Å²) in [4.78, 5) is 30.9. The van der Waals surface area contributed by atoms with Gasteiger partial charge in [0.25, 0.3) is 5.91 Å². The zero-order valence-electron chi connectivity index (χ0n) is 16.2. The first-order chi connectivity index (χ1) is 13.6. The van der Waals surface area contributed by atoms with Crippen LogP contribution in [0.25, 0.3) is 0 Å². The SMILES string of the molecule is COc1cccc(CN2CCC(NC(=O)c3ccc(OC)nc3)CCC2=O)c1. The normalized spacial score (nSPS) is 17.0. The van der Waals surface area contributed by atoms with E-state index in [1.54, 1.807) is 19.2 Å². The summed E-state index contributed by atoms with van der Waals surface area (Å²) in [6, 6.07) is 11.0. The molecular weight excluding hydrogens is 358 g/mol. The summed E-state index contributed by atoms with van der Waals surface area (Å²) in [5.41, 5.74) is 1.50. The Morgan fingerprint density at radius 3 is 2.79 bits per heavy atom. The molecule has 2 aromatic rings. The number of methoxy groups -OCH3 is 2. The van der Waals surface area contributed by atoms with Crippen molar-refractivity contribution in [2.75, 3.05) is 20.8 Å². The molecule has 2 amide bonds. The summed E-state index contributed by atoms with van der Waals surface area (Å²) < 4.78 is 10.3. The molecule has 0 aliphatic carbocycles. The number of hydrogen-bond donors (Lipinski definition) is 1. The average Bonchev–Trinajstić information content (AvgIpc) is 2.90. The lowest BCUT2D eigenvalue weighted by Crippen LogP contribution is -2.36. The second-order valence-corrected chi connectivity index (χ2v) is 6.75. The maximum Gasteiger partial charge on any atom is 0.253 e. The van der Waals surface area contributed by atoms with Gasteiger partial charge < -0.3 is 19.7 Å². The molecule has 0 bridgehead atoms. The molecule has 1 aromatic carbocycles. The van der Waals surface area contributed by atoms with Gasteiger partial charge in [-0.15, -0.1) is 0 Å². The summed E-state index contributed by atoms with van der Waals surface area (Å²) in [7, 11) is 3.16. The van der Waals surface area contributed by atoms with E-state index in [1.807, 2.05) is 29.2 Å². The van der Waals surface area contributed by atoms with Crippen molar-refractivity contribution in [3.05, 3.63) is 53.7 Å². The molecule has 1 N–H and O–H groups in total. The van der Waals surface area contributed by atoms with Gasteiger partial charge in [0.05, 0.1) is 19.8 Å². The van der Waals surface area contributed by atoms with Crippen molar-refractivity contribution in [2.24, 2.45) is 0 Å². The highest BCUT2D eigenvalue weighted by Gasteiger charge is 2.24. The second-order valence-electron chi connectivity index (χ2n) is 6.75. The number of amides is 2. The van der Waals surface area contributed by atoms with Crippen LogP contribution in [0.5, 0.6) is 11.6 Å². The van der Waals surface area contributed by atoms with E-state index >= 15 is 0 Å². The number of hydrogen-bond acceptors (Lipinski definition) is 5. The Bertz CT molecular complexity index is 823. The van der Waals surface area contributed by atoms with Gasteiger partial charge in [0.2, 0.25) is 11.8 Å². The first kappa shape index (κ1) is 19.7. The average molecular weight is 383 g/mol. The number of ether oxygens (including phenoxy) is 2. The van der Waals surface area contributed by atoms with Crippen LogP contribution in [0.3, 0.4) is 0 Å². The third kappa shape index (κ3) is 5.00. The van der Waals surface area contributed by atoms with Crippen LogP contribution < -0.4 is 14.8 Å². The van der Waals surface area contributed by atoms with Gasteiger partial charge >= 0.3 is 0 Å². The van der Waals surface area contributed by atoms with E-state index in [1.165, 1.54) is 13.3 Å². The standard InChI is InChI=1S/C21H25N3O4/c1-27-18-5-3-4-15(12-18)14-24-11-10-17(7-9-20(24)25)23-21(26)16-6-8-19(28-2)22-13-16/h3-6,8,12-13,17H,7,9-11,14H2,1-2H3,(H,23,26). The Hall–Kier alpha value is -3.09. The van der Waals surface area contributed by atoms with E-state index in [4.69, 9.17) is 9.47 Å². The van der Waals surface area contributed by atoms with Gasteiger partial charge in [-0.3, -0.25) is 9.59 Å². The van der Waals surface area contributed by atoms with Gasteiger partial charge in [-0.1, -0.05) is 12.1 Å². The molecular formula is C21H25N3O4. The van der Waals surface area contributed by atoms with Crippen molar-refractivity contribution in [2.45, 2.75) is 31.8 Å². The van der Waals surface area contributed by atoms with Crippen molar-refractivity contribution >= 4 is 11.8 Å². The molecule has 0 spiro atoms.